The van der Waals surface area contributed by atoms with E-state index in [4.69, 9.17) is 10.3 Å². The molecule has 1 saturated heterocycles. The highest BCUT2D eigenvalue weighted by molar-refractivity contribution is 5.95. The van der Waals surface area contributed by atoms with E-state index in [9.17, 15) is 14.7 Å². The summed E-state index contributed by atoms with van der Waals surface area (Å²) in [7, 11) is 0. The van der Waals surface area contributed by atoms with Crippen molar-refractivity contribution in [3.05, 3.63) is 82.2 Å². The number of rotatable bonds is 9. The molecule has 0 aliphatic carbocycles. The molecule has 2 amide bonds. The quantitative estimate of drug-likeness (QED) is 0.388. The van der Waals surface area contributed by atoms with Crippen molar-refractivity contribution in [2.75, 3.05) is 13.2 Å². The van der Waals surface area contributed by atoms with E-state index in [2.05, 4.69) is 10.0 Å². The number of carbonyl (C=O) groups is 2. The lowest BCUT2D eigenvalue weighted by Crippen LogP contribution is -2.45. The van der Waals surface area contributed by atoms with Crippen molar-refractivity contribution < 1.29 is 19.4 Å². The first-order valence-electron chi connectivity index (χ1n) is 9.85. The van der Waals surface area contributed by atoms with Crippen LogP contribution in [0.1, 0.15) is 17.5 Å². The van der Waals surface area contributed by atoms with Crippen molar-refractivity contribution >= 4 is 12.0 Å². The molecular formula is C22H24N4O4. The van der Waals surface area contributed by atoms with Crippen molar-refractivity contribution in [1.29, 1.82) is 0 Å². The van der Waals surface area contributed by atoms with Gasteiger partial charge >= 0.3 is 6.09 Å². The van der Waals surface area contributed by atoms with E-state index < -0.39 is 36.6 Å². The van der Waals surface area contributed by atoms with E-state index in [1.54, 1.807) is 0 Å². The second-order valence-corrected chi connectivity index (χ2v) is 7.29. The lowest BCUT2D eigenvalue weighted by atomic mass is 9.94. The molecule has 2 aromatic carbocycles. The van der Waals surface area contributed by atoms with Gasteiger partial charge in [0, 0.05) is 11.0 Å². The van der Waals surface area contributed by atoms with Gasteiger partial charge in [-0.05, 0) is 35.9 Å². The molecule has 0 bridgehead atoms. The van der Waals surface area contributed by atoms with Gasteiger partial charge in [-0.3, -0.25) is 4.79 Å². The smallest absolute Gasteiger partial charge is 0.416 e. The van der Waals surface area contributed by atoms with Crippen LogP contribution in [0.15, 0.2) is 65.8 Å². The third kappa shape index (κ3) is 5.37. The van der Waals surface area contributed by atoms with Crippen LogP contribution in [0.2, 0.25) is 0 Å². The van der Waals surface area contributed by atoms with E-state index >= 15 is 0 Å². The molecular weight excluding hydrogens is 384 g/mol. The van der Waals surface area contributed by atoms with E-state index in [1.807, 2.05) is 60.7 Å². The molecule has 1 N–H and O–H groups in total. The van der Waals surface area contributed by atoms with Crippen molar-refractivity contribution in [3.63, 3.8) is 0 Å². The molecule has 3 atom stereocenters. The highest BCUT2D eigenvalue weighted by Gasteiger charge is 2.41. The molecule has 8 heteroatoms. The molecule has 2 unspecified atom stereocenters. The zero-order chi connectivity index (χ0) is 21.3. The molecule has 0 saturated carbocycles. The van der Waals surface area contributed by atoms with Crippen molar-refractivity contribution in [2.45, 2.75) is 31.3 Å². The first-order chi connectivity index (χ1) is 14.6. The fraction of sp³-hybridized carbons (Fsp3) is 0.364. The van der Waals surface area contributed by atoms with Gasteiger partial charge in [-0.15, -0.1) is 0 Å². The second kappa shape index (κ2) is 10.4. The van der Waals surface area contributed by atoms with E-state index in [-0.39, 0.29) is 13.0 Å². The molecule has 0 radical (unpaired) electrons. The molecule has 2 aromatic rings. The number of aliphatic hydroxyl groups is 1. The molecule has 8 nitrogen and oxygen atoms in total. The Balaban J connectivity index is 1.72. The standard InChI is InChI=1S/C22H24N4O4/c23-25-24-19(11-16-7-3-1-4-8-16)13-18(14-27)21(28)26-20(15-30-22(26)29)12-17-9-5-2-6-10-17/h1-10,18-20,27H,11-15H2/t18?,19?,20-/m1/s1. The number of azide groups is 1. The summed E-state index contributed by atoms with van der Waals surface area (Å²) in [5.74, 6) is -1.37. The Hall–Kier alpha value is -3.35. The Morgan fingerprint density at radius 2 is 1.80 bits per heavy atom. The normalized spacial score (nSPS) is 17.7. The number of cyclic esters (lactones) is 1. The van der Waals surface area contributed by atoms with Crippen LogP contribution in [-0.4, -0.2) is 47.3 Å². The summed E-state index contributed by atoms with van der Waals surface area (Å²) in [6.07, 6.45) is 0.339. The first kappa shape index (κ1) is 21.4. The zero-order valence-electron chi connectivity index (χ0n) is 16.5. The Bertz CT molecular complexity index is 900. The van der Waals surface area contributed by atoms with E-state index in [0.717, 1.165) is 16.0 Å². The summed E-state index contributed by atoms with van der Waals surface area (Å²) < 4.78 is 5.12. The van der Waals surface area contributed by atoms with E-state index in [1.165, 1.54) is 0 Å². The Morgan fingerprint density at radius 1 is 1.17 bits per heavy atom. The highest BCUT2D eigenvalue weighted by Crippen LogP contribution is 2.23. The first-order valence-corrected chi connectivity index (χ1v) is 9.85. The summed E-state index contributed by atoms with van der Waals surface area (Å²) in [4.78, 5) is 29.4. The lowest BCUT2D eigenvalue weighted by molar-refractivity contribution is -0.135. The number of hydrogen-bond donors (Lipinski definition) is 1. The third-order valence-corrected chi connectivity index (χ3v) is 5.17. The number of imide groups is 1. The number of carbonyl (C=O) groups excluding carboxylic acids is 2. The molecule has 1 fully saturated rings. The van der Waals surface area contributed by atoms with Crippen LogP contribution in [0.3, 0.4) is 0 Å². The fourth-order valence-corrected chi connectivity index (χ4v) is 3.68. The summed E-state index contributed by atoms with van der Waals surface area (Å²) in [5.41, 5.74) is 10.9. The minimum Gasteiger partial charge on any atom is -0.447 e. The lowest BCUT2D eigenvalue weighted by Gasteiger charge is -2.25. The topological polar surface area (TPSA) is 116 Å². The minimum absolute atomic E-state index is 0.113. The number of hydrogen-bond acceptors (Lipinski definition) is 5. The molecule has 1 aliphatic rings. The van der Waals surface area contributed by atoms with Gasteiger partial charge in [0.25, 0.3) is 0 Å². The summed E-state index contributed by atoms with van der Waals surface area (Å²) in [5, 5.41) is 13.7. The van der Waals surface area contributed by atoms with Crippen molar-refractivity contribution in [2.24, 2.45) is 11.0 Å². The van der Waals surface area contributed by atoms with Gasteiger partial charge in [-0.1, -0.05) is 65.8 Å². The highest BCUT2D eigenvalue weighted by atomic mass is 16.6. The SMILES string of the molecule is [N-]=[N+]=NC(Cc1ccccc1)CC(CO)C(=O)N1C(=O)OC[C@H]1Cc1ccccc1. The third-order valence-electron chi connectivity index (χ3n) is 5.17. The average molecular weight is 408 g/mol. The molecule has 156 valence electrons. The van der Waals surface area contributed by atoms with Gasteiger partial charge in [0.2, 0.25) is 5.91 Å². The predicted octanol–water partition coefficient (Wildman–Crippen LogP) is 3.50. The van der Waals surface area contributed by atoms with Gasteiger partial charge in [-0.2, -0.15) is 0 Å². The maximum absolute atomic E-state index is 13.1. The van der Waals surface area contributed by atoms with Crippen molar-refractivity contribution in [3.8, 4) is 0 Å². The molecule has 30 heavy (non-hydrogen) atoms. The van der Waals surface area contributed by atoms with Crippen LogP contribution in [0.25, 0.3) is 10.4 Å². The second-order valence-electron chi connectivity index (χ2n) is 7.29. The zero-order valence-corrected chi connectivity index (χ0v) is 16.5. The number of nitrogens with zero attached hydrogens (tertiary/aromatic N) is 4. The largest absolute Gasteiger partial charge is 0.447 e. The van der Waals surface area contributed by atoms with Gasteiger partial charge in [0.1, 0.15) is 6.61 Å². The Labute approximate surface area is 174 Å². The molecule has 3 rings (SSSR count). The number of benzene rings is 2. The molecule has 0 aromatic heterocycles. The van der Waals surface area contributed by atoms with E-state index in [0.29, 0.717) is 12.8 Å². The summed E-state index contributed by atoms with van der Waals surface area (Å²) in [6.45, 7) is -0.339. The molecule has 1 heterocycles. The van der Waals surface area contributed by atoms with Crippen LogP contribution < -0.4 is 0 Å². The Morgan fingerprint density at radius 3 is 2.40 bits per heavy atom. The average Bonchev–Trinajstić information content (AvgIpc) is 3.13. The monoisotopic (exact) mass is 408 g/mol. The molecule has 0 spiro atoms. The van der Waals surface area contributed by atoms with Gasteiger partial charge < -0.3 is 9.84 Å². The fourth-order valence-electron chi connectivity index (χ4n) is 3.68. The van der Waals surface area contributed by atoms with Crippen LogP contribution in [0.4, 0.5) is 4.79 Å². The number of ether oxygens (including phenoxy) is 1. The van der Waals surface area contributed by atoms with Crippen LogP contribution in [-0.2, 0) is 22.4 Å². The summed E-state index contributed by atoms with van der Waals surface area (Å²) >= 11 is 0. The molecule has 1 aliphatic heterocycles. The predicted molar refractivity (Wildman–Crippen MR) is 110 cm³/mol. The minimum atomic E-state index is -0.867. The van der Waals surface area contributed by atoms with Gasteiger partial charge in [0.05, 0.1) is 18.6 Å². The van der Waals surface area contributed by atoms with Crippen LogP contribution >= 0.6 is 0 Å². The maximum atomic E-state index is 13.1. The number of amides is 2. The van der Waals surface area contributed by atoms with Gasteiger partial charge in [0.15, 0.2) is 0 Å². The summed E-state index contributed by atoms with van der Waals surface area (Å²) in [6, 6.07) is 18.0. The van der Waals surface area contributed by atoms with Crippen LogP contribution in [0.5, 0.6) is 0 Å². The Kier molecular flexibility index (Phi) is 7.43. The van der Waals surface area contributed by atoms with Gasteiger partial charge in [-0.25, -0.2) is 9.69 Å². The number of aliphatic hydroxyl groups excluding tert-OH is 1. The van der Waals surface area contributed by atoms with Crippen molar-refractivity contribution in [1.82, 2.24) is 4.90 Å². The van der Waals surface area contributed by atoms with Crippen LogP contribution in [0, 0.1) is 5.92 Å². The maximum Gasteiger partial charge on any atom is 0.416 e.